The summed E-state index contributed by atoms with van der Waals surface area (Å²) in [7, 11) is 1.62. The van der Waals surface area contributed by atoms with Crippen LogP contribution in [0.4, 0.5) is 5.69 Å². The van der Waals surface area contributed by atoms with E-state index in [0.29, 0.717) is 11.4 Å². The number of aryl methyl sites for hydroxylation is 1. The molecule has 0 saturated heterocycles. The predicted molar refractivity (Wildman–Crippen MR) is 89.7 cm³/mol. The van der Waals surface area contributed by atoms with Gasteiger partial charge in [0.25, 0.3) is 5.91 Å². The number of hydrogen-bond donors (Lipinski definition) is 2. The number of H-pyrrole nitrogens is 1. The second kappa shape index (κ2) is 6.36. The van der Waals surface area contributed by atoms with Crippen molar-refractivity contribution in [3.63, 3.8) is 0 Å². The second-order valence-corrected chi connectivity index (χ2v) is 5.16. The van der Waals surface area contributed by atoms with Crippen LogP contribution in [-0.4, -0.2) is 23.2 Å². The average Bonchev–Trinajstić information content (AvgIpc) is 3.07. The van der Waals surface area contributed by atoms with E-state index in [1.807, 2.05) is 55.5 Å². The molecule has 116 valence electrons. The zero-order valence-corrected chi connectivity index (χ0v) is 13.0. The third-order valence-electron chi connectivity index (χ3n) is 3.60. The van der Waals surface area contributed by atoms with Crippen molar-refractivity contribution in [1.29, 1.82) is 0 Å². The van der Waals surface area contributed by atoms with Gasteiger partial charge in [-0.15, -0.1) is 0 Å². The molecule has 3 aromatic rings. The first kappa shape index (κ1) is 14.8. The Bertz CT molecular complexity index is 822. The Labute approximate surface area is 134 Å². The first-order valence-electron chi connectivity index (χ1n) is 7.24. The lowest BCUT2D eigenvalue weighted by Crippen LogP contribution is -2.13. The van der Waals surface area contributed by atoms with Gasteiger partial charge in [-0.05, 0) is 48.9 Å². The summed E-state index contributed by atoms with van der Waals surface area (Å²) in [4.78, 5) is 12.3. The zero-order chi connectivity index (χ0) is 16.2. The largest absolute Gasteiger partial charge is 0.497 e. The van der Waals surface area contributed by atoms with Crippen LogP contribution in [-0.2, 0) is 0 Å². The monoisotopic (exact) mass is 307 g/mol. The molecule has 2 aromatic carbocycles. The first-order chi connectivity index (χ1) is 11.2. The van der Waals surface area contributed by atoms with Gasteiger partial charge in [-0.25, -0.2) is 0 Å². The van der Waals surface area contributed by atoms with Gasteiger partial charge in [0.1, 0.15) is 11.4 Å². The molecule has 2 N–H and O–H groups in total. The minimum absolute atomic E-state index is 0.216. The summed E-state index contributed by atoms with van der Waals surface area (Å²) in [6.45, 7) is 1.95. The van der Waals surface area contributed by atoms with Crippen molar-refractivity contribution in [1.82, 2.24) is 10.2 Å². The molecule has 23 heavy (non-hydrogen) atoms. The number of hydrogen-bond acceptors (Lipinski definition) is 3. The van der Waals surface area contributed by atoms with E-state index in [4.69, 9.17) is 4.74 Å². The molecule has 5 nitrogen and oxygen atoms in total. The molecule has 0 aliphatic carbocycles. The molecule has 0 aliphatic heterocycles. The van der Waals surface area contributed by atoms with E-state index in [-0.39, 0.29) is 5.91 Å². The number of carbonyl (C=O) groups excluding carboxylic acids is 1. The number of para-hydroxylation sites is 1. The topological polar surface area (TPSA) is 67.0 Å². The van der Waals surface area contributed by atoms with Crippen molar-refractivity contribution in [2.45, 2.75) is 6.92 Å². The van der Waals surface area contributed by atoms with Gasteiger partial charge in [0.05, 0.1) is 12.8 Å². The lowest BCUT2D eigenvalue weighted by atomic mass is 10.1. The summed E-state index contributed by atoms with van der Waals surface area (Å²) in [5, 5.41) is 9.86. The van der Waals surface area contributed by atoms with Crippen LogP contribution in [0.1, 0.15) is 16.1 Å². The standard InChI is InChI=1S/C18H17N3O2/c1-12-5-3-4-6-15(12)19-18(22)17-11-16(20-21-17)13-7-9-14(23-2)10-8-13/h3-11H,1-2H3,(H,19,22)(H,20,21). The fourth-order valence-corrected chi connectivity index (χ4v) is 2.25. The maximum absolute atomic E-state index is 12.3. The Kier molecular flexibility index (Phi) is 4.10. The van der Waals surface area contributed by atoms with Gasteiger partial charge in [0.2, 0.25) is 0 Å². The number of rotatable bonds is 4. The summed E-state index contributed by atoms with van der Waals surface area (Å²) < 4.78 is 5.13. The first-order valence-corrected chi connectivity index (χ1v) is 7.24. The van der Waals surface area contributed by atoms with Crippen LogP contribution in [0.3, 0.4) is 0 Å². The number of ether oxygens (including phenoxy) is 1. The maximum atomic E-state index is 12.3. The second-order valence-electron chi connectivity index (χ2n) is 5.16. The normalized spacial score (nSPS) is 10.3. The highest BCUT2D eigenvalue weighted by Crippen LogP contribution is 2.21. The van der Waals surface area contributed by atoms with E-state index in [9.17, 15) is 4.79 Å². The highest BCUT2D eigenvalue weighted by atomic mass is 16.5. The number of aromatic amines is 1. The SMILES string of the molecule is COc1ccc(-c2cc(C(=O)Nc3ccccc3C)[nH]n2)cc1. The average molecular weight is 307 g/mol. The van der Waals surface area contributed by atoms with E-state index in [1.54, 1.807) is 13.2 Å². The smallest absolute Gasteiger partial charge is 0.273 e. The van der Waals surface area contributed by atoms with Crippen LogP contribution < -0.4 is 10.1 Å². The van der Waals surface area contributed by atoms with Crippen molar-refractivity contribution in [3.8, 4) is 17.0 Å². The number of benzene rings is 2. The molecule has 0 unspecified atom stereocenters. The van der Waals surface area contributed by atoms with E-state index < -0.39 is 0 Å². The number of carbonyl (C=O) groups is 1. The molecule has 1 amide bonds. The third kappa shape index (κ3) is 3.23. The molecule has 1 aromatic heterocycles. The molecular weight excluding hydrogens is 290 g/mol. The highest BCUT2D eigenvalue weighted by Gasteiger charge is 2.12. The molecular formula is C18H17N3O2. The molecule has 0 fully saturated rings. The van der Waals surface area contributed by atoms with Crippen LogP contribution in [0.2, 0.25) is 0 Å². The zero-order valence-electron chi connectivity index (χ0n) is 13.0. The lowest BCUT2D eigenvalue weighted by molar-refractivity contribution is 0.102. The van der Waals surface area contributed by atoms with Crippen molar-refractivity contribution in [2.24, 2.45) is 0 Å². The van der Waals surface area contributed by atoms with E-state index >= 15 is 0 Å². The summed E-state index contributed by atoms with van der Waals surface area (Å²) >= 11 is 0. The Balaban J connectivity index is 1.78. The molecule has 0 spiro atoms. The third-order valence-corrected chi connectivity index (χ3v) is 3.60. The van der Waals surface area contributed by atoms with Crippen LogP contribution in [0.15, 0.2) is 54.6 Å². The number of nitrogens with one attached hydrogen (secondary N) is 2. The maximum Gasteiger partial charge on any atom is 0.273 e. The lowest BCUT2D eigenvalue weighted by Gasteiger charge is -2.06. The van der Waals surface area contributed by atoms with Crippen molar-refractivity contribution < 1.29 is 9.53 Å². The minimum Gasteiger partial charge on any atom is -0.497 e. The van der Waals surface area contributed by atoms with Crippen LogP contribution >= 0.6 is 0 Å². The van der Waals surface area contributed by atoms with Crippen LogP contribution in [0, 0.1) is 6.92 Å². The molecule has 3 rings (SSSR count). The summed E-state index contributed by atoms with van der Waals surface area (Å²) in [6.07, 6.45) is 0. The van der Waals surface area contributed by atoms with Gasteiger partial charge in [0, 0.05) is 11.3 Å². The highest BCUT2D eigenvalue weighted by molar-refractivity contribution is 6.03. The van der Waals surface area contributed by atoms with E-state index in [2.05, 4.69) is 15.5 Å². The van der Waals surface area contributed by atoms with Gasteiger partial charge < -0.3 is 10.1 Å². The van der Waals surface area contributed by atoms with Gasteiger partial charge in [-0.3, -0.25) is 9.89 Å². The van der Waals surface area contributed by atoms with Gasteiger partial charge >= 0.3 is 0 Å². The molecule has 0 aliphatic rings. The molecule has 1 heterocycles. The Morgan fingerprint density at radius 3 is 2.57 bits per heavy atom. The number of amides is 1. The quantitative estimate of drug-likeness (QED) is 0.773. The van der Waals surface area contributed by atoms with Gasteiger partial charge in [-0.1, -0.05) is 18.2 Å². The number of methoxy groups -OCH3 is 1. The Morgan fingerprint density at radius 1 is 1.13 bits per heavy atom. The molecule has 5 heteroatoms. The van der Waals surface area contributed by atoms with E-state index in [1.165, 1.54) is 0 Å². The molecule has 0 saturated carbocycles. The van der Waals surface area contributed by atoms with E-state index in [0.717, 1.165) is 22.6 Å². The van der Waals surface area contributed by atoms with Crippen molar-refractivity contribution in [2.75, 3.05) is 12.4 Å². The summed E-state index contributed by atoms with van der Waals surface area (Å²) in [5.41, 5.74) is 3.84. The minimum atomic E-state index is -0.216. The Hall–Kier alpha value is -3.08. The number of aromatic nitrogens is 2. The van der Waals surface area contributed by atoms with Crippen LogP contribution in [0.5, 0.6) is 5.75 Å². The number of nitrogens with zero attached hydrogens (tertiary/aromatic N) is 1. The number of anilines is 1. The summed E-state index contributed by atoms with van der Waals surface area (Å²) in [5.74, 6) is 0.563. The molecule has 0 radical (unpaired) electrons. The van der Waals surface area contributed by atoms with Crippen LogP contribution in [0.25, 0.3) is 11.3 Å². The van der Waals surface area contributed by atoms with Crippen molar-refractivity contribution >= 4 is 11.6 Å². The molecule has 0 bridgehead atoms. The fourth-order valence-electron chi connectivity index (χ4n) is 2.25. The fraction of sp³-hybridized carbons (Fsp3) is 0.111. The van der Waals surface area contributed by atoms with Gasteiger partial charge in [0.15, 0.2) is 0 Å². The van der Waals surface area contributed by atoms with Crippen molar-refractivity contribution in [3.05, 3.63) is 65.9 Å². The predicted octanol–water partition coefficient (Wildman–Crippen LogP) is 3.65. The van der Waals surface area contributed by atoms with Gasteiger partial charge in [-0.2, -0.15) is 5.10 Å². The summed E-state index contributed by atoms with van der Waals surface area (Å²) in [6, 6.07) is 16.9. The Morgan fingerprint density at radius 2 is 1.87 bits per heavy atom. The molecule has 0 atom stereocenters.